The molecular weight excluding hydrogens is 458 g/mol. The molecule has 10 heteroatoms. The second-order valence-corrected chi connectivity index (χ2v) is 9.85. The Morgan fingerprint density at radius 3 is 2.45 bits per heavy atom. The van der Waals surface area contributed by atoms with E-state index in [2.05, 4.69) is 20.4 Å². The van der Waals surface area contributed by atoms with Crippen molar-refractivity contribution in [2.45, 2.75) is 11.3 Å². The summed E-state index contributed by atoms with van der Waals surface area (Å²) in [7, 11) is 1.58. The van der Waals surface area contributed by atoms with Gasteiger partial charge in [0.2, 0.25) is 5.91 Å². The van der Waals surface area contributed by atoms with Crippen molar-refractivity contribution in [3.8, 4) is 5.75 Å². The highest BCUT2D eigenvalue weighted by atomic mass is 32.2. The Bertz CT molecular complexity index is 1110. The molecule has 3 aromatic rings. The maximum absolute atomic E-state index is 12.9. The molecule has 1 N–H and O–H groups in total. The molecule has 8 nitrogen and oxygen atoms in total. The van der Waals surface area contributed by atoms with Gasteiger partial charge < -0.3 is 19.9 Å². The van der Waals surface area contributed by atoms with Crippen molar-refractivity contribution in [2.75, 3.05) is 49.3 Å². The second kappa shape index (κ2) is 10.7. The lowest BCUT2D eigenvalue weighted by Crippen LogP contribution is -2.48. The van der Waals surface area contributed by atoms with Crippen molar-refractivity contribution in [1.82, 2.24) is 15.1 Å². The number of nitrogens with one attached hydrogen (secondary N) is 1. The van der Waals surface area contributed by atoms with Crippen LogP contribution in [-0.2, 0) is 4.79 Å². The number of para-hydroxylation sites is 1. The molecule has 172 valence electrons. The summed E-state index contributed by atoms with van der Waals surface area (Å²) in [5, 5.41) is 11.8. The Balaban J connectivity index is 1.27. The molecule has 1 aromatic heterocycles. The van der Waals surface area contributed by atoms with Crippen LogP contribution in [0.1, 0.15) is 15.4 Å². The summed E-state index contributed by atoms with van der Waals surface area (Å²) in [5.41, 5.74) is 2.41. The molecule has 1 saturated heterocycles. The zero-order valence-electron chi connectivity index (χ0n) is 18.5. The van der Waals surface area contributed by atoms with Gasteiger partial charge in [-0.25, -0.2) is 0 Å². The summed E-state index contributed by atoms with van der Waals surface area (Å²) in [6, 6.07) is 15.1. The molecule has 33 heavy (non-hydrogen) atoms. The fraction of sp³-hybridized carbons (Fsp3) is 0.304. The summed E-state index contributed by atoms with van der Waals surface area (Å²) in [5.74, 6) is 0.800. The number of methoxy groups -OCH3 is 1. The van der Waals surface area contributed by atoms with Gasteiger partial charge in [0, 0.05) is 37.6 Å². The van der Waals surface area contributed by atoms with Crippen LogP contribution in [0.5, 0.6) is 5.75 Å². The molecular formula is C23H25N5O3S2. The van der Waals surface area contributed by atoms with E-state index in [1.165, 1.54) is 23.1 Å². The quantitative estimate of drug-likeness (QED) is 0.514. The number of hydrogen-bond acceptors (Lipinski definition) is 8. The van der Waals surface area contributed by atoms with Gasteiger partial charge in [-0.2, -0.15) is 0 Å². The molecule has 2 amide bonds. The molecule has 0 saturated carbocycles. The van der Waals surface area contributed by atoms with Crippen LogP contribution in [0, 0.1) is 6.92 Å². The van der Waals surface area contributed by atoms with E-state index >= 15 is 0 Å². The standard InChI is InChI=1S/C23H25N5O3S2/c1-16-25-26-23(33-16)32-15-21(29)24-17-7-9-18(10-8-17)27-11-13-28(14-12-27)22(30)19-5-3-4-6-20(19)31-2/h3-10H,11-15H2,1-2H3,(H,24,29). The predicted octanol–water partition coefficient (Wildman–Crippen LogP) is 3.55. The third-order valence-electron chi connectivity index (χ3n) is 5.25. The number of carbonyl (C=O) groups excluding carboxylic acids is 2. The first kappa shape index (κ1) is 23.1. The molecule has 1 fully saturated rings. The van der Waals surface area contributed by atoms with E-state index in [1.54, 1.807) is 19.2 Å². The van der Waals surface area contributed by atoms with Crippen molar-refractivity contribution in [3.05, 3.63) is 59.1 Å². The van der Waals surface area contributed by atoms with Crippen LogP contribution in [0.4, 0.5) is 11.4 Å². The second-order valence-electron chi connectivity index (χ2n) is 7.45. The Morgan fingerprint density at radius 1 is 1.06 bits per heavy atom. The van der Waals surface area contributed by atoms with Crippen molar-refractivity contribution in [3.63, 3.8) is 0 Å². The molecule has 0 spiro atoms. The van der Waals surface area contributed by atoms with Crippen molar-refractivity contribution < 1.29 is 14.3 Å². The van der Waals surface area contributed by atoms with Crippen molar-refractivity contribution >= 4 is 46.3 Å². The minimum atomic E-state index is -0.0796. The van der Waals surface area contributed by atoms with E-state index in [9.17, 15) is 9.59 Å². The van der Waals surface area contributed by atoms with Gasteiger partial charge in [-0.05, 0) is 43.3 Å². The molecule has 0 atom stereocenters. The van der Waals surface area contributed by atoms with Crippen LogP contribution in [0.15, 0.2) is 52.9 Å². The van der Waals surface area contributed by atoms with Gasteiger partial charge in [0.15, 0.2) is 4.34 Å². The van der Waals surface area contributed by atoms with E-state index in [1.807, 2.05) is 48.2 Å². The Morgan fingerprint density at radius 2 is 1.79 bits per heavy atom. The van der Waals surface area contributed by atoms with E-state index in [0.29, 0.717) is 30.2 Å². The van der Waals surface area contributed by atoms with Crippen LogP contribution < -0.4 is 15.0 Å². The van der Waals surface area contributed by atoms with Gasteiger partial charge >= 0.3 is 0 Å². The molecule has 4 rings (SSSR count). The molecule has 0 radical (unpaired) electrons. The fourth-order valence-electron chi connectivity index (χ4n) is 3.58. The highest BCUT2D eigenvalue weighted by Gasteiger charge is 2.24. The summed E-state index contributed by atoms with van der Waals surface area (Å²) in [6.45, 7) is 4.64. The van der Waals surface area contributed by atoms with Crippen LogP contribution in [0.2, 0.25) is 0 Å². The van der Waals surface area contributed by atoms with E-state index < -0.39 is 0 Å². The number of anilines is 2. The number of benzene rings is 2. The van der Waals surface area contributed by atoms with Gasteiger partial charge in [-0.1, -0.05) is 35.2 Å². The topological polar surface area (TPSA) is 87.7 Å². The average Bonchev–Trinajstić information content (AvgIpc) is 3.28. The van der Waals surface area contributed by atoms with Gasteiger partial charge in [0.1, 0.15) is 10.8 Å². The zero-order chi connectivity index (χ0) is 23.2. The third-order valence-corrected chi connectivity index (χ3v) is 7.23. The number of carbonyl (C=O) groups is 2. The monoisotopic (exact) mass is 483 g/mol. The first-order valence-electron chi connectivity index (χ1n) is 10.5. The first-order valence-corrected chi connectivity index (χ1v) is 12.3. The number of hydrogen-bond donors (Lipinski definition) is 1. The molecule has 2 aromatic carbocycles. The minimum absolute atomic E-state index is 0.00767. The summed E-state index contributed by atoms with van der Waals surface area (Å²) in [6.07, 6.45) is 0. The summed E-state index contributed by atoms with van der Waals surface area (Å²) >= 11 is 2.86. The lowest BCUT2D eigenvalue weighted by Gasteiger charge is -2.36. The Labute approximate surface area is 201 Å². The van der Waals surface area contributed by atoms with Crippen LogP contribution in [0.3, 0.4) is 0 Å². The Hall–Kier alpha value is -3.11. The molecule has 0 aliphatic carbocycles. The highest BCUT2D eigenvalue weighted by Crippen LogP contribution is 2.24. The third kappa shape index (κ3) is 5.82. The van der Waals surface area contributed by atoms with E-state index in [-0.39, 0.29) is 11.8 Å². The number of rotatable bonds is 7. The highest BCUT2D eigenvalue weighted by molar-refractivity contribution is 8.01. The van der Waals surface area contributed by atoms with Crippen molar-refractivity contribution in [2.24, 2.45) is 0 Å². The van der Waals surface area contributed by atoms with Gasteiger partial charge in [-0.15, -0.1) is 10.2 Å². The van der Waals surface area contributed by atoms with Gasteiger partial charge in [0.05, 0.1) is 18.4 Å². The number of ether oxygens (including phenoxy) is 1. The number of thioether (sulfide) groups is 1. The number of aryl methyl sites for hydroxylation is 1. The number of amides is 2. The SMILES string of the molecule is COc1ccccc1C(=O)N1CCN(c2ccc(NC(=O)CSc3nnc(C)s3)cc2)CC1. The zero-order valence-corrected chi connectivity index (χ0v) is 20.1. The number of nitrogens with zero attached hydrogens (tertiary/aromatic N) is 4. The van der Waals surface area contributed by atoms with Gasteiger partial charge in [-0.3, -0.25) is 9.59 Å². The fourth-order valence-corrected chi connectivity index (χ4v) is 5.19. The molecule has 2 heterocycles. The molecule has 0 bridgehead atoms. The van der Waals surface area contributed by atoms with Gasteiger partial charge in [0.25, 0.3) is 5.91 Å². The molecule has 1 aliphatic rings. The van der Waals surface area contributed by atoms with E-state index in [4.69, 9.17) is 4.74 Å². The van der Waals surface area contributed by atoms with Crippen molar-refractivity contribution in [1.29, 1.82) is 0 Å². The minimum Gasteiger partial charge on any atom is -0.496 e. The summed E-state index contributed by atoms with van der Waals surface area (Å²) < 4.78 is 6.12. The maximum atomic E-state index is 12.9. The van der Waals surface area contributed by atoms with Crippen LogP contribution in [0.25, 0.3) is 0 Å². The van der Waals surface area contributed by atoms with Crippen LogP contribution in [-0.4, -0.2) is 66.0 Å². The Kier molecular flexibility index (Phi) is 7.46. The normalized spacial score (nSPS) is 13.6. The number of aromatic nitrogens is 2. The summed E-state index contributed by atoms with van der Waals surface area (Å²) in [4.78, 5) is 29.2. The first-order chi connectivity index (χ1) is 16.0. The molecule has 1 aliphatic heterocycles. The van der Waals surface area contributed by atoms with Crippen LogP contribution >= 0.6 is 23.1 Å². The maximum Gasteiger partial charge on any atom is 0.257 e. The average molecular weight is 484 g/mol. The van der Waals surface area contributed by atoms with E-state index in [0.717, 1.165) is 33.8 Å². The lowest BCUT2D eigenvalue weighted by atomic mass is 10.1. The predicted molar refractivity (Wildman–Crippen MR) is 132 cm³/mol. The number of piperazine rings is 1. The molecule has 0 unspecified atom stereocenters. The largest absolute Gasteiger partial charge is 0.496 e. The smallest absolute Gasteiger partial charge is 0.257 e. The lowest BCUT2D eigenvalue weighted by molar-refractivity contribution is -0.113.